The van der Waals surface area contributed by atoms with Gasteiger partial charge < -0.3 is 19.2 Å². The first-order valence-electron chi connectivity index (χ1n) is 11.0. The van der Waals surface area contributed by atoms with Crippen LogP contribution < -0.4 is 9.64 Å². The van der Waals surface area contributed by atoms with E-state index in [4.69, 9.17) is 19.3 Å². The summed E-state index contributed by atoms with van der Waals surface area (Å²) < 4.78 is 11.1. The van der Waals surface area contributed by atoms with E-state index in [9.17, 15) is 4.79 Å². The maximum absolute atomic E-state index is 12.6. The number of ether oxygens (including phenoxy) is 2. The number of carbonyl (C=O) groups is 1. The predicted molar refractivity (Wildman–Crippen MR) is 140 cm³/mol. The van der Waals surface area contributed by atoms with Gasteiger partial charge in [-0.15, -0.1) is 11.3 Å². The highest BCUT2D eigenvalue weighted by molar-refractivity contribution is 7.13. The van der Waals surface area contributed by atoms with Crippen molar-refractivity contribution in [3.8, 4) is 33.5 Å². The highest BCUT2D eigenvalue weighted by Crippen LogP contribution is 2.34. The van der Waals surface area contributed by atoms with Crippen molar-refractivity contribution in [3.63, 3.8) is 0 Å². The van der Waals surface area contributed by atoms with Crippen LogP contribution in [0.25, 0.3) is 21.8 Å². The van der Waals surface area contributed by atoms with Gasteiger partial charge in [0.25, 0.3) is 0 Å². The van der Waals surface area contributed by atoms with Gasteiger partial charge in [-0.25, -0.2) is 14.8 Å². The summed E-state index contributed by atoms with van der Waals surface area (Å²) in [6.07, 6.45) is 0. The second kappa shape index (κ2) is 11.0. The summed E-state index contributed by atoms with van der Waals surface area (Å²) in [6, 6.07) is 17.5. The average molecular weight is 504 g/mol. The van der Waals surface area contributed by atoms with Gasteiger partial charge in [0.05, 0.1) is 12.8 Å². The number of thiazole rings is 1. The molecular formula is C26H25N5O4S. The standard InChI is InChI=1S/C26H25N5O4S/c1-16-27-23(31(2)3)21(22(30-34-5)26(32)33-4)24(28-16)35-19-13-9-12-18(14-19)20-15-36-25(29-20)17-10-7-6-8-11-17/h6-15H,1-5H3. The largest absolute Gasteiger partial charge is 0.464 e. The molecule has 4 rings (SSSR count). The lowest BCUT2D eigenvalue weighted by Crippen LogP contribution is -2.24. The third-order valence-corrected chi connectivity index (χ3v) is 5.95. The minimum atomic E-state index is -0.707. The van der Waals surface area contributed by atoms with Gasteiger partial charge in [-0.05, 0) is 19.1 Å². The quantitative estimate of drug-likeness (QED) is 0.189. The van der Waals surface area contributed by atoms with Crippen LogP contribution >= 0.6 is 11.3 Å². The van der Waals surface area contributed by atoms with Crippen LogP contribution in [-0.2, 0) is 14.4 Å². The summed E-state index contributed by atoms with van der Waals surface area (Å²) in [5, 5.41) is 6.82. The molecule has 0 aliphatic rings. The molecule has 9 nitrogen and oxygen atoms in total. The van der Waals surface area contributed by atoms with Crippen molar-refractivity contribution in [1.82, 2.24) is 15.0 Å². The molecule has 0 bridgehead atoms. The number of carbonyl (C=O) groups excluding carboxylic acids is 1. The number of hydrogen-bond acceptors (Lipinski definition) is 10. The Hall–Kier alpha value is -4.31. The van der Waals surface area contributed by atoms with Crippen LogP contribution in [0.15, 0.2) is 65.1 Å². The van der Waals surface area contributed by atoms with E-state index in [-0.39, 0.29) is 17.2 Å². The lowest BCUT2D eigenvalue weighted by Gasteiger charge is -2.19. The first-order chi connectivity index (χ1) is 17.4. The topological polar surface area (TPSA) is 99.0 Å². The highest BCUT2D eigenvalue weighted by Gasteiger charge is 2.28. The molecule has 2 aromatic carbocycles. The Morgan fingerprint density at radius 1 is 0.972 bits per heavy atom. The molecule has 36 heavy (non-hydrogen) atoms. The number of rotatable bonds is 8. The molecule has 0 atom stereocenters. The summed E-state index contributed by atoms with van der Waals surface area (Å²) in [5.74, 6) is 0.839. The molecule has 0 saturated heterocycles. The van der Waals surface area contributed by atoms with Gasteiger partial charge in [0.2, 0.25) is 11.6 Å². The summed E-state index contributed by atoms with van der Waals surface area (Å²) in [6.45, 7) is 1.74. The molecule has 10 heteroatoms. The molecule has 0 aliphatic heterocycles. The number of anilines is 1. The molecule has 0 spiro atoms. The average Bonchev–Trinajstić information content (AvgIpc) is 3.38. The maximum Gasteiger partial charge on any atom is 0.361 e. The first-order valence-corrected chi connectivity index (χ1v) is 11.8. The third-order valence-electron chi connectivity index (χ3n) is 5.06. The highest BCUT2D eigenvalue weighted by atomic mass is 32.1. The van der Waals surface area contributed by atoms with Crippen LogP contribution in [0.2, 0.25) is 0 Å². The fraction of sp³-hybridized carbons (Fsp3) is 0.192. The summed E-state index contributed by atoms with van der Waals surface area (Å²) in [4.78, 5) is 32.9. The Kier molecular flexibility index (Phi) is 7.55. The minimum Gasteiger partial charge on any atom is -0.464 e. The second-order valence-corrected chi connectivity index (χ2v) is 8.67. The fourth-order valence-corrected chi connectivity index (χ4v) is 4.30. The molecular weight excluding hydrogens is 478 g/mol. The van der Waals surface area contributed by atoms with E-state index in [1.165, 1.54) is 14.2 Å². The van der Waals surface area contributed by atoms with Crippen LogP contribution in [0.4, 0.5) is 5.82 Å². The van der Waals surface area contributed by atoms with Crippen molar-refractivity contribution in [3.05, 3.63) is 71.4 Å². The number of nitrogens with zero attached hydrogens (tertiary/aromatic N) is 5. The fourth-order valence-electron chi connectivity index (χ4n) is 3.46. The van der Waals surface area contributed by atoms with E-state index in [0.29, 0.717) is 17.4 Å². The molecule has 0 saturated carbocycles. The molecule has 0 fully saturated rings. The number of aromatic nitrogens is 3. The summed E-state index contributed by atoms with van der Waals surface area (Å²) >= 11 is 1.57. The summed E-state index contributed by atoms with van der Waals surface area (Å²) in [7, 11) is 6.20. The van der Waals surface area contributed by atoms with Gasteiger partial charge in [-0.2, -0.15) is 4.98 Å². The smallest absolute Gasteiger partial charge is 0.361 e. The van der Waals surface area contributed by atoms with Crippen LogP contribution in [-0.4, -0.2) is 54.9 Å². The summed E-state index contributed by atoms with van der Waals surface area (Å²) in [5.41, 5.74) is 2.91. The SMILES string of the molecule is CON=C(C(=O)OC)c1c(Oc2cccc(-c3csc(-c4ccccc4)n3)c2)nc(C)nc1N(C)C. The van der Waals surface area contributed by atoms with E-state index in [1.807, 2.05) is 53.9 Å². The van der Waals surface area contributed by atoms with Crippen LogP contribution in [0.1, 0.15) is 11.4 Å². The maximum atomic E-state index is 12.6. The molecule has 0 radical (unpaired) electrons. The van der Waals surface area contributed by atoms with Gasteiger partial charge in [-0.3, -0.25) is 0 Å². The molecule has 2 heterocycles. The molecule has 4 aromatic rings. The molecule has 184 valence electrons. The van der Waals surface area contributed by atoms with E-state index < -0.39 is 5.97 Å². The van der Waals surface area contributed by atoms with Crippen molar-refractivity contribution >= 4 is 28.8 Å². The van der Waals surface area contributed by atoms with Crippen molar-refractivity contribution in [1.29, 1.82) is 0 Å². The van der Waals surface area contributed by atoms with E-state index >= 15 is 0 Å². The number of benzene rings is 2. The van der Waals surface area contributed by atoms with E-state index in [2.05, 4.69) is 15.1 Å². The zero-order valence-corrected chi connectivity index (χ0v) is 21.4. The Balaban J connectivity index is 1.75. The van der Waals surface area contributed by atoms with Gasteiger partial charge in [0.1, 0.15) is 35.1 Å². The lowest BCUT2D eigenvalue weighted by atomic mass is 10.1. The molecule has 0 N–H and O–H groups in total. The minimum absolute atomic E-state index is 0.109. The predicted octanol–water partition coefficient (Wildman–Crippen LogP) is 4.96. The number of hydrogen-bond donors (Lipinski definition) is 0. The first kappa shape index (κ1) is 24.8. The lowest BCUT2D eigenvalue weighted by molar-refractivity contribution is -0.132. The van der Waals surface area contributed by atoms with Gasteiger partial charge in [-0.1, -0.05) is 47.6 Å². The monoisotopic (exact) mass is 503 g/mol. The van der Waals surface area contributed by atoms with Gasteiger partial charge in [0.15, 0.2) is 0 Å². The zero-order valence-electron chi connectivity index (χ0n) is 20.6. The van der Waals surface area contributed by atoms with E-state index in [1.54, 1.807) is 43.3 Å². The third kappa shape index (κ3) is 5.33. The second-order valence-electron chi connectivity index (χ2n) is 7.82. The van der Waals surface area contributed by atoms with Gasteiger partial charge >= 0.3 is 5.97 Å². The van der Waals surface area contributed by atoms with Crippen LogP contribution in [0.3, 0.4) is 0 Å². The van der Waals surface area contributed by atoms with E-state index in [0.717, 1.165) is 21.8 Å². The Morgan fingerprint density at radius 3 is 2.42 bits per heavy atom. The normalized spacial score (nSPS) is 11.2. The number of methoxy groups -OCH3 is 1. The molecule has 0 unspecified atom stereocenters. The van der Waals surface area contributed by atoms with Crippen molar-refractivity contribution in [2.75, 3.05) is 33.2 Å². The van der Waals surface area contributed by atoms with Crippen molar-refractivity contribution in [2.45, 2.75) is 6.92 Å². The van der Waals surface area contributed by atoms with Gasteiger partial charge in [0, 0.05) is 30.6 Å². The molecule has 0 amide bonds. The van der Waals surface area contributed by atoms with Crippen LogP contribution in [0.5, 0.6) is 11.6 Å². The Labute approximate surface area is 213 Å². The van der Waals surface area contributed by atoms with Crippen LogP contribution in [0, 0.1) is 6.92 Å². The Morgan fingerprint density at radius 2 is 1.72 bits per heavy atom. The number of aryl methyl sites for hydroxylation is 1. The number of oxime groups is 1. The number of esters is 1. The Bertz CT molecular complexity index is 1400. The van der Waals surface area contributed by atoms with Crippen molar-refractivity contribution < 1.29 is 19.1 Å². The molecule has 0 aliphatic carbocycles. The van der Waals surface area contributed by atoms with Crippen molar-refractivity contribution in [2.24, 2.45) is 5.16 Å². The zero-order chi connectivity index (χ0) is 25.7. The molecule has 2 aromatic heterocycles.